The van der Waals surface area contributed by atoms with Crippen molar-refractivity contribution in [2.24, 2.45) is 11.3 Å². The van der Waals surface area contributed by atoms with E-state index in [0.717, 1.165) is 77.4 Å². The molecular weight excluding hydrogens is 422 g/mol. The molecule has 3 fully saturated rings. The van der Waals surface area contributed by atoms with Crippen molar-refractivity contribution in [1.29, 1.82) is 0 Å². The Bertz CT molecular complexity index is 977. The van der Waals surface area contributed by atoms with Gasteiger partial charge in [0.15, 0.2) is 0 Å². The first kappa shape index (κ1) is 23.1. The second kappa shape index (κ2) is 9.89. The van der Waals surface area contributed by atoms with Crippen LogP contribution in [0.1, 0.15) is 68.9 Å². The fourth-order valence-corrected chi connectivity index (χ4v) is 6.44. The van der Waals surface area contributed by atoms with Gasteiger partial charge < -0.3 is 10.2 Å². The molecular formula is C29H37N3O2. The predicted molar refractivity (Wildman–Crippen MR) is 133 cm³/mol. The molecule has 1 aliphatic heterocycles. The summed E-state index contributed by atoms with van der Waals surface area (Å²) < 4.78 is 0. The molecule has 3 aliphatic rings. The maximum Gasteiger partial charge on any atom is 0.233 e. The number of aromatic nitrogens is 1. The summed E-state index contributed by atoms with van der Waals surface area (Å²) in [5.41, 5.74) is 2.23. The van der Waals surface area contributed by atoms with Gasteiger partial charge in [0.05, 0.1) is 5.41 Å². The molecule has 2 amide bonds. The summed E-state index contributed by atoms with van der Waals surface area (Å²) in [6.07, 6.45) is 13.8. The monoisotopic (exact) mass is 459 g/mol. The Labute approximate surface area is 203 Å². The number of benzene rings is 1. The minimum absolute atomic E-state index is 0.123. The zero-order valence-corrected chi connectivity index (χ0v) is 20.2. The average Bonchev–Trinajstić information content (AvgIpc) is 3.61. The number of hydrogen-bond acceptors (Lipinski definition) is 3. The molecule has 1 saturated heterocycles. The molecule has 1 spiro atoms. The molecule has 1 aromatic carbocycles. The lowest BCUT2D eigenvalue weighted by atomic mass is 9.68. The highest BCUT2D eigenvalue weighted by atomic mass is 16.2. The fourth-order valence-electron chi connectivity index (χ4n) is 6.44. The fraction of sp³-hybridized carbons (Fsp3) is 0.552. The Morgan fingerprint density at radius 2 is 1.65 bits per heavy atom. The molecule has 2 aliphatic carbocycles. The standard InChI is InChI=1S/C29H37N3O2/c33-26(31-17-7-8-23-11-18-30-19-12-23)25-22-28(25)15-20-32(21-16-28)27(34)29(13-5-2-6-14-29)24-9-3-1-4-10-24/h1,3-4,9-12,18-19,25H,2,5-8,13-17,20-22H2,(H,31,33). The summed E-state index contributed by atoms with van der Waals surface area (Å²) >= 11 is 0. The largest absolute Gasteiger partial charge is 0.356 e. The van der Waals surface area contributed by atoms with Gasteiger partial charge in [-0.15, -0.1) is 0 Å². The van der Waals surface area contributed by atoms with Crippen molar-refractivity contribution >= 4 is 11.8 Å². The van der Waals surface area contributed by atoms with Gasteiger partial charge >= 0.3 is 0 Å². The zero-order chi connectivity index (χ0) is 23.4. The summed E-state index contributed by atoms with van der Waals surface area (Å²) in [6.45, 7) is 2.30. The lowest BCUT2D eigenvalue weighted by Gasteiger charge is -2.43. The number of nitrogens with zero attached hydrogens (tertiary/aromatic N) is 2. The smallest absolute Gasteiger partial charge is 0.233 e. The van der Waals surface area contributed by atoms with E-state index in [1.54, 1.807) is 0 Å². The number of pyridine rings is 1. The molecule has 1 N–H and O–H groups in total. The third-order valence-electron chi connectivity index (χ3n) is 8.69. The molecule has 2 aromatic rings. The average molecular weight is 460 g/mol. The van der Waals surface area contributed by atoms with E-state index in [1.807, 2.05) is 30.6 Å². The van der Waals surface area contributed by atoms with E-state index >= 15 is 0 Å². The summed E-state index contributed by atoms with van der Waals surface area (Å²) in [7, 11) is 0. The van der Waals surface area contributed by atoms with Crippen molar-refractivity contribution in [1.82, 2.24) is 15.2 Å². The van der Waals surface area contributed by atoms with E-state index in [2.05, 4.69) is 39.5 Å². The first-order chi connectivity index (χ1) is 16.6. The number of piperidine rings is 1. The highest BCUT2D eigenvalue weighted by Crippen LogP contribution is 2.59. The van der Waals surface area contributed by atoms with E-state index in [4.69, 9.17) is 0 Å². The summed E-state index contributed by atoms with van der Waals surface area (Å²) in [5, 5.41) is 3.16. The lowest BCUT2D eigenvalue weighted by Crippen LogP contribution is -2.51. The Morgan fingerprint density at radius 3 is 2.35 bits per heavy atom. The van der Waals surface area contributed by atoms with Gasteiger partial charge in [-0.3, -0.25) is 14.6 Å². The third-order valence-corrected chi connectivity index (χ3v) is 8.69. The zero-order valence-electron chi connectivity index (χ0n) is 20.2. The van der Waals surface area contributed by atoms with Crippen LogP contribution in [0.15, 0.2) is 54.9 Å². The summed E-state index contributed by atoms with van der Waals surface area (Å²) in [5.74, 6) is 0.664. The summed E-state index contributed by atoms with van der Waals surface area (Å²) in [4.78, 5) is 32.8. The lowest BCUT2D eigenvalue weighted by molar-refractivity contribution is -0.140. The minimum atomic E-state index is -0.348. The van der Waals surface area contributed by atoms with Crippen LogP contribution in [0.3, 0.4) is 0 Å². The molecule has 1 aromatic heterocycles. The van der Waals surface area contributed by atoms with Gasteiger partial charge in [0.25, 0.3) is 0 Å². The van der Waals surface area contributed by atoms with E-state index in [1.165, 1.54) is 17.5 Å². The van der Waals surface area contributed by atoms with Crippen LogP contribution in [0.25, 0.3) is 0 Å². The maximum absolute atomic E-state index is 13.9. The SMILES string of the molecule is O=C(NCCCc1ccncc1)C1CC12CCN(C(=O)C1(c3ccccc3)CCCCC1)CC2. The van der Waals surface area contributed by atoms with Crippen LogP contribution in [0.5, 0.6) is 0 Å². The van der Waals surface area contributed by atoms with Gasteiger partial charge in [-0.25, -0.2) is 0 Å². The molecule has 0 bridgehead atoms. The highest BCUT2D eigenvalue weighted by molar-refractivity contribution is 5.89. The van der Waals surface area contributed by atoms with Crippen molar-refractivity contribution in [3.63, 3.8) is 0 Å². The van der Waals surface area contributed by atoms with Crippen molar-refractivity contribution < 1.29 is 9.59 Å². The second-order valence-corrected chi connectivity index (χ2v) is 10.7. The van der Waals surface area contributed by atoms with Crippen LogP contribution >= 0.6 is 0 Å². The van der Waals surface area contributed by atoms with Crippen LogP contribution < -0.4 is 5.32 Å². The van der Waals surface area contributed by atoms with Gasteiger partial charge in [0.2, 0.25) is 11.8 Å². The number of aryl methyl sites for hydroxylation is 1. The van der Waals surface area contributed by atoms with Crippen LogP contribution in [-0.2, 0) is 21.4 Å². The number of amides is 2. The van der Waals surface area contributed by atoms with Crippen molar-refractivity contribution in [2.75, 3.05) is 19.6 Å². The predicted octanol–water partition coefficient (Wildman–Crippen LogP) is 4.66. The van der Waals surface area contributed by atoms with Gasteiger partial charge in [-0.05, 0) is 73.6 Å². The topological polar surface area (TPSA) is 62.3 Å². The third kappa shape index (κ3) is 4.62. The van der Waals surface area contributed by atoms with E-state index in [-0.39, 0.29) is 22.7 Å². The molecule has 34 heavy (non-hydrogen) atoms. The molecule has 2 saturated carbocycles. The van der Waals surface area contributed by atoms with E-state index < -0.39 is 0 Å². The van der Waals surface area contributed by atoms with Gasteiger partial charge in [-0.2, -0.15) is 0 Å². The van der Waals surface area contributed by atoms with Crippen molar-refractivity contribution in [3.05, 3.63) is 66.0 Å². The summed E-state index contributed by atoms with van der Waals surface area (Å²) in [6, 6.07) is 14.5. The Hall–Kier alpha value is -2.69. The van der Waals surface area contributed by atoms with Crippen LogP contribution in [0.2, 0.25) is 0 Å². The number of hydrogen-bond donors (Lipinski definition) is 1. The molecule has 5 rings (SSSR count). The van der Waals surface area contributed by atoms with Crippen molar-refractivity contribution in [2.45, 2.75) is 69.6 Å². The molecule has 1 atom stereocenters. The van der Waals surface area contributed by atoms with Gasteiger partial charge in [0.1, 0.15) is 0 Å². The van der Waals surface area contributed by atoms with Crippen LogP contribution in [-0.4, -0.2) is 41.3 Å². The Kier molecular flexibility index (Phi) is 6.71. The normalized spacial score (nSPS) is 22.8. The molecule has 5 nitrogen and oxygen atoms in total. The quantitative estimate of drug-likeness (QED) is 0.613. The number of carbonyl (C=O) groups is 2. The van der Waals surface area contributed by atoms with E-state index in [9.17, 15) is 9.59 Å². The minimum Gasteiger partial charge on any atom is -0.356 e. The molecule has 5 heteroatoms. The molecule has 180 valence electrons. The number of likely N-dealkylation sites (tertiary alicyclic amines) is 1. The molecule has 0 radical (unpaired) electrons. The second-order valence-electron chi connectivity index (χ2n) is 10.7. The van der Waals surface area contributed by atoms with Gasteiger partial charge in [-0.1, -0.05) is 49.6 Å². The first-order valence-electron chi connectivity index (χ1n) is 13.1. The number of nitrogens with one attached hydrogen (secondary N) is 1. The van der Waals surface area contributed by atoms with Crippen molar-refractivity contribution in [3.8, 4) is 0 Å². The first-order valence-corrected chi connectivity index (χ1v) is 13.1. The Balaban J connectivity index is 1.13. The van der Waals surface area contributed by atoms with Crippen LogP contribution in [0, 0.1) is 11.3 Å². The number of rotatable bonds is 7. The van der Waals surface area contributed by atoms with Crippen LogP contribution in [0.4, 0.5) is 0 Å². The molecule has 1 unspecified atom stereocenters. The Morgan fingerprint density at radius 1 is 0.941 bits per heavy atom. The maximum atomic E-state index is 13.9. The molecule has 2 heterocycles. The van der Waals surface area contributed by atoms with E-state index in [0.29, 0.717) is 5.91 Å². The van der Waals surface area contributed by atoms with Gasteiger partial charge in [0, 0.05) is 37.9 Å². The number of carbonyl (C=O) groups excluding carboxylic acids is 2. The highest BCUT2D eigenvalue weighted by Gasteiger charge is 2.59.